The van der Waals surface area contributed by atoms with Crippen molar-refractivity contribution in [3.05, 3.63) is 65.2 Å². The van der Waals surface area contributed by atoms with Gasteiger partial charge in [-0.3, -0.25) is 0 Å². The van der Waals surface area contributed by atoms with Crippen molar-refractivity contribution in [2.24, 2.45) is 0 Å². The minimum atomic E-state index is -4.27. The van der Waals surface area contributed by atoms with Crippen molar-refractivity contribution in [1.82, 2.24) is 0 Å². The van der Waals surface area contributed by atoms with Crippen molar-refractivity contribution in [3.8, 4) is 0 Å². The molecular formula is C22H24F3NO. The first-order chi connectivity index (χ1) is 12.9. The maximum absolute atomic E-state index is 12.7. The summed E-state index contributed by atoms with van der Waals surface area (Å²) >= 11 is 0. The lowest BCUT2D eigenvalue weighted by Gasteiger charge is -2.39. The highest BCUT2D eigenvalue weighted by Gasteiger charge is 2.35. The highest BCUT2D eigenvalue weighted by atomic mass is 19.4. The summed E-state index contributed by atoms with van der Waals surface area (Å²) in [4.78, 5) is 2.37. The molecule has 0 N–H and O–H groups in total. The minimum absolute atomic E-state index is 0.147. The first-order valence-corrected chi connectivity index (χ1v) is 9.46. The molecule has 2 saturated heterocycles. The number of rotatable bonds is 3. The van der Waals surface area contributed by atoms with E-state index in [4.69, 9.17) is 4.74 Å². The molecule has 27 heavy (non-hydrogen) atoms. The van der Waals surface area contributed by atoms with Crippen LogP contribution in [0.15, 0.2) is 48.5 Å². The lowest BCUT2D eigenvalue weighted by molar-refractivity contribution is -0.137. The van der Waals surface area contributed by atoms with Crippen LogP contribution in [0.5, 0.6) is 0 Å². The monoisotopic (exact) mass is 375 g/mol. The molecule has 0 saturated carbocycles. The van der Waals surface area contributed by atoms with Crippen molar-refractivity contribution in [1.29, 1.82) is 0 Å². The molecule has 0 amide bonds. The maximum atomic E-state index is 12.7. The lowest BCUT2D eigenvalue weighted by atomic mass is 9.81. The van der Waals surface area contributed by atoms with Crippen LogP contribution in [0.4, 0.5) is 18.9 Å². The predicted octanol–water partition coefficient (Wildman–Crippen LogP) is 5.38. The third-order valence-electron chi connectivity index (χ3n) is 5.98. The average Bonchev–Trinajstić information content (AvgIpc) is 2.66. The van der Waals surface area contributed by atoms with E-state index in [-0.39, 0.29) is 5.41 Å². The summed E-state index contributed by atoms with van der Waals surface area (Å²) in [5.41, 5.74) is 3.12. The van der Waals surface area contributed by atoms with E-state index < -0.39 is 11.7 Å². The first-order valence-electron chi connectivity index (χ1n) is 9.46. The number of ether oxygens (including phenoxy) is 1. The topological polar surface area (TPSA) is 12.5 Å². The number of anilines is 1. The zero-order valence-corrected chi connectivity index (χ0v) is 15.4. The van der Waals surface area contributed by atoms with Gasteiger partial charge in [0, 0.05) is 24.2 Å². The average molecular weight is 375 g/mol. The summed E-state index contributed by atoms with van der Waals surface area (Å²) in [5, 5.41) is 0. The van der Waals surface area contributed by atoms with Crippen LogP contribution in [0.25, 0.3) is 0 Å². The number of hydrogen-bond acceptors (Lipinski definition) is 2. The van der Waals surface area contributed by atoms with Crippen molar-refractivity contribution >= 4 is 5.69 Å². The Morgan fingerprint density at radius 2 is 1.52 bits per heavy atom. The van der Waals surface area contributed by atoms with Crippen LogP contribution >= 0.6 is 0 Å². The van der Waals surface area contributed by atoms with Gasteiger partial charge in [0.2, 0.25) is 0 Å². The molecule has 144 valence electrons. The number of halogens is 3. The smallest absolute Gasteiger partial charge is 0.379 e. The predicted molar refractivity (Wildman–Crippen MR) is 100 cm³/mol. The van der Waals surface area contributed by atoms with Gasteiger partial charge in [0.15, 0.2) is 0 Å². The van der Waals surface area contributed by atoms with Crippen molar-refractivity contribution in [3.63, 3.8) is 0 Å². The summed E-state index contributed by atoms with van der Waals surface area (Å²) in [6, 6.07) is 14.4. The Hall–Kier alpha value is -2.01. The van der Waals surface area contributed by atoms with Crippen LogP contribution < -0.4 is 4.90 Å². The zero-order valence-electron chi connectivity index (χ0n) is 15.4. The van der Waals surface area contributed by atoms with Gasteiger partial charge in [0.1, 0.15) is 0 Å². The van der Waals surface area contributed by atoms with Gasteiger partial charge in [-0.15, -0.1) is 0 Å². The summed E-state index contributed by atoms with van der Waals surface area (Å²) in [6.45, 7) is 5.63. The Morgan fingerprint density at radius 1 is 0.926 bits per heavy atom. The molecule has 2 aliphatic rings. The van der Waals surface area contributed by atoms with E-state index in [9.17, 15) is 13.2 Å². The Bertz CT molecular complexity index is 771. The summed E-state index contributed by atoms with van der Waals surface area (Å²) in [5.74, 6) is 0.328. The van der Waals surface area contributed by atoms with Crippen LogP contribution in [-0.4, -0.2) is 26.3 Å². The van der Waals surface area contributed by atoms with Gasteiger partial charge in [-0.2, -0.15) is 13.2 Å². The van der Waals surface area contributed by atoms with Crippen LogP contribution in [0, 0.1) is 0 Å². The SMILES string of the molecule is CC1(c2ccc(N3CCC(c4ccc(C(F)(F)F)cc4)CC3)cc2)COC1. The molecular weight excluding hydrogens is 351 g/mol. The van der Waals surface area contributed by atoms with Crippen molar-refractivity contribution < 1.29 is 17.9 Å². The molecule has 0 unspecified atom stereocenters. The lowest BCUT2D eigenvalue weighted by Crippen LogP contribution is -2.43. The fourth-order valence-corrected chi connectivity index (χ4v) is 4.06. The van der Waals surface area contributed by atoms with Crippen molar-refractivity contribution in [2.75, 3.05) is 31.2 Å². The van der Waals surface area contributed by atoms with Crippen molar-refractivity contribution in [2.45, 2.75) is 37.3 Å². The molecule has 4 rings (SSSR count). The van der Waals surface area contributed by atoms with Gasteiger partial charge in [0.25, 0.3) is 0 Å². The molecule has 0 radical (unpaired) electrons. The van der Waals surface area contributed by atoms with Crippen LogP contribution in [-0.2, 0) is 16.3 Å². The van der Waals surface area contributed by atoms with E-state index in [1.807, 2.05) is 0 Å². The van der Waals surface area contributed by atoms with Gasteiger partial charge in [-0.25, -0.2) is 0 Å². The van der Waals surface area contributed by atoms with Crippen LogP contribution in [0.2, 0.25) is 0 Å². The molecule has 2 aromatic carbocycles. The van der Waals surface area contributed by atoms with E-state index >= 15 is 0 Å². The Labute approximate surface area is 157 Å². The number of benzene rings is 2. The molecule has 2 aromatic rings. The van der Waals surface area contributed by atoms with Crippen LogP contribution in [0.1, 0.15) is 42.4 Å². The van der Waals surface area contributed by atoms with Gasteiger partial charge in [-0.05, 0) is 54.2 Å². The molecule has 2 aliphatic heterocycles. The van der Waals surface area contributed by atoms with E-state index in [0.29, 0.717) is 5.92 Å². The van der Waals surface area contributed by atoms with E-state index in [1.54, 1.807) is 12.1 Å². The van der Waals surface area contributed by atoms with Gasteiger partial charge >= 0.3 is 6.18 Å². The molecule has 0 aromatic heterocycles. The van der Waals surface area contributed by atoms with Gasteiger partial charge in [-0.1, -0.05) is 31.2 Å². The third kappa shape index (κ3) is 3.70. The summed E-state index contributed by atoms with van der Waals surface area (Å²) < 4.78 is 43.5. The number of nitrogens with zero attached hydrogens (tertiary/aromatic N) is 1. The molecule has 0 spiro atoms. The van der Waals surface area contributed by atoms with Gasteiger partial charge < -0.3 is 9.64 Å². The molecule has 0 aliphatic carbocycles. The van der Waals surface area contributed by atoms with E-state index in [2.05, 4.69) is 36.1 Å². The second kappa shape index (κ2) is 6.86. The normalized spacial score (nSPS) is 20.4. The number of alkyl halides is 3. The maximum Gasteiger partial charge on any atom is 0.416 e. The first kappa shape index (κ1) is 18.4. The quantitative estimate of drug-likeness (QED) is 0.714. The minimum Gasteiger partial charge on any atom is -0.379 e. The highest BCUT2D eigenvalue weighted by Crippen LogP contribution is 2.35. The number of piperidine rings is 1. The standard InChI is InChI=1S/C22H24F3NO/c1-21(14-27-15-21)18-6-8-20(9-7-18)26-12-10-17(11-13-26)16-2-4-19(5-3-16)22(23,24)25/h2-9,17H,10-15H2,1H3. The van der Waals surface area contributed by atoms with Crippen LogP contribution in [0.3, 0.4) is 0 Å². The molecule has 0 atom stereocenters. The molecule has 2 heterocycles. The molecule has 0 bridgehead atoms. The molecule has 5 heteroatoms. The largest absolute Gasteiger partial charge is 0.416 e. The summed E-state index contributed by atoms with van der Waals surface area (Å²) in [7, 11) is 0. The Kier molecular flexibility index (Phi) is 4.66. The Balaban J connectivity index is 1.37. The third-order valence-corrected chi connectivity index (χ3v) is 5.98. The molecule has 2 nitrogen and oxygen atoms in total. The number of hydrogen-bond donors (Lipinski definition) is 0. The molecule has 2 fully saturated rings. The second-order valence-corrected chi connectivity index (χ2v) is 7.98. The highest BCUT2D eigenvalue weighted by molar-refractivity contribution is 5.49. The second-order valence-electron chi connectivity index (χ2n) is 7.98. The van der Waals surface area contributed by atoms with E-state index in [1.165, 1.54) is 23.4 Å². The summed E-state index contributed by atoms with van der Waals surface area (Å²) in [6.07, 6.45) is -2.35. The Morgan fingerprint density at radius 3 is 2.00 bits per heavy atom. The zero-order chi connectivity index (χ0) is 19.1. The van der Waals surface area contributed by atoms with Gasteiger partial charge in [0.05, 0.1) is 18.8 Å². The fourth-order valence-electron chi connectivity index (χ4n) is 4.06. The van der Waals surface area contributed by atoms with E-state index in [0.717, 1.165) is 44.7 Å². The fraction of sp³-hybridized carbons (Fsp3) is 0.455.